The average molecular weight is 433 g/mol. The summed E-state index contributed by atoms with van der Waals surface area (Å²) in [5.41, 5.74) is 4.50. The van der Waals surface area contributed by atoms with Crippen molar-refractivity contribution in [3.05, 3.63) is 79.6 Å². The van der Waals surface area contributed by atoms with E-state index in [1.54, 1.807) is 32.0 Å². The Morgan fingerprint density at radius 1 is 1.24 bits per heavy atom. The van der Waals surface area contributed by atoms with Gasteiger partial charge in [0.05, 0.1) is 32.6 Å². The number of hydrogen-bond acceptors (Lipinski definition) is 6. The molecule has 0 bridgehead atoms. The molecule has 1 heterocycles. The average Bonchev–Trinajstić information content (AvgIpc) is 3.07. The summed E-state index contributed by atoms with van der Waals surface area (Å²) in [4.78, 5) is 22.8. The molecule has 11 heteroatoms. The van der Waals surface area contributed by atoms with Crippen molar-refractivity contribution in [3.8, 4) is 5.69 Å². The number of hydrazone groups is 1. The maximum atomic E-state index is 12.3. The highest BCUT2D eigenvalue weighted by atomic mass is 35.5. The van der Waals surface area contributed by atoms with Crippen LogP contribution in [0.25, 0.3) is 5.69 Å². The monoisotopic (exact) mass is 432 g/mol. The van der Waals surface area contributed by atoms with E-state index >= 15 is 0 Å². The number of nitro benzene ring substituents is 1. The van der Waals surface area contributed by atoms with E-state index in [-0.39, 0.29) is 16.3 Å². The van der Waals surface area contributed by atoms with Crippen molar-refractivity contribution in [1.82, 2.24) is 20.4 Å². The van der Waals surface area contributed by atoms with Crippen LogP contribution in [0.15, 0.2) is 47.6 Å². The lowest BCUT2D eigenvalue weighted by atomic mass is 10.2. The van der Waals surface area contributed by atoms with Crippen LogP contribution < -0.4 is 5.43 Å². The molecule has 9 nitrogen and oxygen atoms in total. The molecule has 1 N–H and O–H groups in total. The van der Waals surface area contributed by atoms with E-state index in [4.69, 9.17) is 23.2 Å². The number of aromatic nitrogens is 3. The molecule has 0 atom stereocenters. The fraction of sp³-hybridized carbons (Fsp3) is 0.111. The lowest BCUT2D eigenvalue weighted by Crippen LogP contribution is -2.20. The number of carbonyl (C=O) groups excluding carboxylic acids is 1. The van der Waals surface area contributed by atoms with Crippen molar-refractivity contribution in [2.75, 3.05) is 0 Å². The van der Waals surface area contributed by atoms with Gasteiger partial charge >= 0.3 is 0 Å². The molecule has 148 valence electrons. The van der Waals surface area contributed by atoms with Crippen LogP contribution in [0, 0.1) is 17.0 Å². The minimum Gasteiger partial charge on any atom is -0.267 e. The number of rotatable bonds is 5. The van der Waals surface area contributed by atoms with E-state index in [2.05, 4.69) is 20.8 Å². The predicted octanol–water partition coefficient (Wildman–Crippen LogP) is 3.94. The van der Waals surface area contributed by atoms with Crippen LogP contribution in [0.1, 0.15) is 28.7 Å². The van der Waals surface area contributed by atoms with Crippen LogP contribution in [0.3, 0.4) is 0 Å². The Bertz CT molecular complexity index is 1140. The van der Waals surface area contributed by atoms with Crippen molar-refractivity contribution >= 4 is 40.5 Å². The van der Waals surface area contributed by atoms with Gasteiger partial charge in [0, 0.05) is 17.2 Å². The van der Waals surface area contributed by atoms with E-state index < -0.39 is 10.8 Å². The fourth-order valence-corrected chi connectivity index (χ4v) is 3.06. The Morgan fingerprint density at radius 2 is 2.00 bits per heavy atom. The van der Waals surface area contributed by atoms with Gasteiger partial charge in [-0.2, -0.15) is 5.10 Å². The molecule has 0 spiro atoms. The van der Waals surface area contributed by atoms with Crippen LogP contribution in [-0.2, 0) is 0 Å². The highest BCUT2D eigenvalue weighted by Gasteiger charge is 2.16. The Kier molecular flexibility index (Phi) is 5.90. The second-order valence-corrected chi connectivity index (χ2v) is 6.82. The maximum Gasteiger partial charge on any atom is 0.272 e. The van der Waals surface area contributed by atoms with Crippen LogP contribution in [0.5, 0.6) is 0 Å². The van der Waals surface area contributed by atoms with Gasteiger partial charge in [-0.3, -0.25) is 14.9 Å². The van der Waals surface area contributed by atoms with Gasteiger partial charge < -0.3 is 0 Å². The summed E-state index contributed by atoms with van der Waals surface area (Å²) < 4.78 is 1.46. The highest BCUT2D eigenvalue weighted by Crippen LogP contribution is 2.21. The standard InChI is InChI=1S/C18H14Cl2N6O3/c1-10(21-23-18(27)15-7-6-12(19)8-16(15)20)17-11(2)25(24-22-17)13-4-3-5-14(9-13)26(28)29/h3-9H,1-2H3,(H,23,27)/b21-10+. The van der Waals surface area contributed by atoms with E-state index in [1.807, 2.05) is 0 Å². The van der Waals surface area contributed by atoms with Crippen molar-refractivity contribution in [3.63, 3.8) is 0 Å². The first-order chi connectivity index (χ1) is 13.8. The number of nitrogens with zero attached hydrogens (tertiary/aromatic N) is 5. The van der Waals surface area contributed by atoms with Crippen LogP contribution >= 0.6 is 23.2 Å². The smallest absolute Gasteiger partial charge is 0.267 e. The lowest BCUT2D eigenvalue weighted by Gasteiger charge is -2.05. The SMILES string of the molecule is C/C(=N\NC(=O)c1ccc(Cl)cc1Cl)c1nnn(-c2cccc([N+](=O)[O-])c2)c1C. The molecule has 0 aliphatic rings. The molecule has 3 aromatic rings. The van der Waals surface area contributed by atoms with Gasteiger partial charge in [0.2, 0.25) is 0 Å². The minimum atomic E-state index is -0.505. The summed E-state index contributed by atoms with van der Waals surface area (Å²) in [5.74, 6) is -0.505. The Labute approximate surface area is 175 Å². The molecule has 3 rings (SSSR count). The summed E-state index contributed by atoms with van der Waals surface area (Å²) >= 11 is 11.8. The molecule has 0 radical (unpaired) electrons. The molecule has 1 amide bonds. The largest absolute Gasteiger partial charge is 0.272 e. The molecule has 2 aromatic carbocycles. The zero-order valence-corrected chi connectivity index (χ0v) is 16.8. The number of hydrogen-bond donors (Lipinski definition) is 1. The summed E-state index contributed by atoms with van der Waals surface area (Å²) in [6.45, 7) is 3.39. The molecule has 0 aliphatic heterocycles. The third-order valence-electron chi connectivity index (χ3n) is 4.02. The van der Waals surface area contributed by atoms with Crippen molar-refractivity contribution in [2.24, 2.45) is 5.10 Å². The third-order valence-corrected chi connectivity index (χ3v) is 4.57. The van der Waals surface area contributed by atoms with Crippen LogP contribution in [0.2, 0.25) is 10.0 Å². The number of non-ortho nitro benzene ring substituents is 1. The quantitative estimate of drug-likeness (QED) is 0.372. The summed E-state index contributed by atoms with van der Waals surface area (Å²) in [7, 11) is 0. The zero-order chi connectivity index (χ0) is 21.1. The second-order valence-electron chi connectivity index (χ2n) is 5.97. The fourth-order valence-electron chi connectivity index (χ4n) is 2.57. The first-order valence-corrected chi connectivity index (χ1v) is 9.00. The molecular formula is C18H14Cl2N6O3. The van der Waals surface area contributed by atoms with E-state index in [9.17, 15) is 14.9 Å². The summed E-state index contributed by atoms with van der Waals surface area (Å²) in [6.07, 6.45) is 0. The third kappa shape index (κ3) is 4.41. The van der Waals surface area contributed by atoms with Crippen molar-refractivity contribution in [2.45, 2.75) is 13.8 Å². The first kappa shape index (κ1) is 20.4. The molecule has 29 heavy (non-hydrogen) atoms. The maximum absolute atomic E-state index is 12.3. The molecular weight excluding hydrogens is 419 g/mol. The number of benzene rings is 2. The topological polar surface area (TPSA) is 115 Å². The van der Waals surface area contributed by atoms with Gasteiger partial charge in [-0.1, -0.05) is 34.5 Å². The number of carbonyl (C=O) groups is 1. The van der Waals surface area contributed by atoms with Gasteiger partial charge in [0.25, 0.3) is 11.6 Å². The van der Waals surface area contributed by atoms with Crippen LogP contribution in [-0.4, -0.2) is 31.5 Å². The summed E-state index contributed by atoms with van der Waals surface area (Å²) in [5, 5.41) is 23.7. The minimum absolute atomic E-state index is 0.0588. The van der Waals surface area contributed by atoms with Gasteiger partial charge in [-0.15, -0.1) is 5.10 Å². The molecule has 0 saturated heterocycles. The highest BCUT2D eigenvalue weighted by molar-refractivity contribution is 6.36. The van der Waals surface area contributed by atoms with Gasteiger partial charge in [0.15, 0.2) is 0 Å². The normalized spacial score (nSPS) is 11.4. The van der Waals surface area contributed by atoms with E-state index in [0.717, 1.165) is 0 Å². The number of nitrogens with one attached hydrogen (secondary N) is 1. The van der Waals surface area contributed by atoms with Crippen molar-refractivity contribution < 1.29 is 9.72 Å². The molecule has 1 aromatic heterocycles. The number of halogens is 2. The van der Waals surface area contributed by atoms with E-state index in [1.165, 1.54) is 28.9 Å². The van der Waals surface area contributed by atoms with Gasteiger partial charge in [-0.05, 0) is 38.1 Å². The van der Waals surface area contributed by atoms with Crippen LogP contribution in [0.4, 0.5) is 5.69 Å². The molecule has 0 unspecified atom stereocenters. The second kappa shape index (κ2) is 8.38. The zero-order valence-electron chi connectivity index (χ0n) is 15.3. The van der Waals surface area contributed by atoms with Crippen molar-refractivity contribution in [1.29, 1.82) is 0 Å². The Hall–Kier alpha value is -3.30. The summed E-state index contributed by atoms with van der Waals surface area (Å²) in [6, 6.07) is 10.5. The lowest BCUT2D eigenvalue weighted by molar-refractivity contribution is -0.384. The molecule has 0 saturated carbocycles. The molecule has 0 fully saturated rings. The number of amides is 1. The number of nitro groups is 1. The Morgan fingerprint density at radius 3 is 2.69 bits per heavy atom. The van der Waals surface area contributed by atoms with E-state index in [0.29, 0.717) is 27.8 Å². The first-order valence-electron chi connectivity index (χ1n) is 8.25. The predicted molar refractivity (Wildman–Crippen MR) is 109 cm³/mol. The Balaban J connectivity index is 1.83. The van der Waals surface area contributed by atoms with Gasteiger partial charge in [0.1, 0.15) is 5.69 Å². The molecule has 0 aliphatic carbocycles. The van der Waals surface area contributed by atoms with Gasteiger partial charge in [-0.25, -0.2) is 10.1 Å².